The molecule has 24 heavy (non-hydrogen) atoms. The Morgan fingerprint density at radius 3 is 2.83 bits per heavy atom. The normalized spacial score (nSPS) is 17.7. The van der Waals surface area contributed by atoms with Gasteiger partial charge in [0.15, 0.2) is 0 Å². The molecule has 1 unspecified atom stereocenters. The standard InChI is InChI=1S/C16H19N5O3/c1-9(22)15-19-12-8-18-14-11(2-5-17-14)13(12)21(15)10-3-6-20(7-4-10)16(23)24/h2,5,8-10,22H,3-4,6-7H2,1H3,(H,17,18)(H,23,24). The Labute approximate surface area is 137 Å². The van der Waals surface area contributed by atoms with E-state index in [0.29, 0.717) is 31.8 Å². The Kier molecular flexibility index (Phi) is 3.42. The van der Waals surface area contributed by atoms with Crippen molar-refractivity contribution >= 4 is 28.2 Å². The largest absolute Gasteiger partial charge is 0.465 e. The van der Waals surface area contributed by atoms with Gasteiger partial charge in [0.2, 0.25) is 0 Å². The summed E-state index contributed by atoms with van der Waals surface area (Å²) in [6.07, 6.45) is 3.37. The van der Waals surface area contributed by atoms with Crippen molar-refractivity contribution < 1.29 is 15.0 Å². The molecule has 126 valence electrons. The fourth-order valence-corrected chi connectivity index (χ4v) is 3.59. The van der Waals surface area contributed by atoms with Gasteiger partial charge in [-0.1, -0.05) is 0 Å². The van der Waals surface area contributed by atoms with Gasteiger partial charge < -0.3 is 24.7 Å². The second-order valence-corrected chi connectivity index (χ2v) is 6.25. The summed E-state index contributed by atoms with van der Waals surface area (Å²) in [4.78, 5) is 24.6. The van der Waals surface area contributed by atoms with Crippen molar-refractivity contribution in [2.75, 3.05) is 13.1 Å². The van der Waals surface area contributed by atoms with Crippen LogP contribution in [-0.4, -0.2) is 53.8 Å². The summed E-state index contributed by atoms with van der Waals surface area (Å²) in [6, 6.07) is 2.07. The molecule has 3 N–H and O–H groups in total. The summed E-state index contributed by atoms with van der Waals surface area (Å²) in [6.45, 7) is 2.67. The van der Waals surface area contributed by atoms with Gasteiger partial charge in [-0.3, -0.25) is 0 Å². The summed E-state index contributed by atoms with van der Waals surface area (Å²) in [7, 11) is 0. The highest BCUT2D eigenvalue weighted by molar-refractivity contribution is 6.01. The van der Waals surface area contributed by atoms with Gasteiger partial charge in [-0.15, -0.1) is 0 Å². The van der Waals surface area contributed by atoms with Crippen LogP contribution in [0.5, 0.6) is 0 Å². The molecule has 0 aromatic carbocycles. The zero-order valence-corrected chi connectivity index (χ0v) is 13.3. The second-order valence-electron chi connectivity index (χ2n) is 6.25. The third-order valence-corrected chi connectivity index (χ3v) is 4.74. The first-order valence-electron chi connectivity index (χ1n) is 8.06. The van der Waals surface area contributed by atoms with Crippen LogP contribution in [0.3, 0.4) is 0 Å². The molecule has 8 heteroatoms. The van der Waals surface area contributed by atoms with Gasteiger partial charge in [0.1, 0.15) is 23.1 Å². The second kappa shape index (κ2) is 5.48. The lowest BCUT2D eigenvalue weighted by atomic mass is 10.0. The molecular formula is C16H19N5O3. The molecule has 1 amide bonds. The van der Waals surface area contributed by atoms with E-state index < -0.39 is 12.2 Å². The van der Waals surface area contributed by atoms with Crippen molar-refractivity contribution in [1.82, 2.24) is 24.4 Å². The number of nitrogens with zero attached hydrogens (tertiary/aromatic N) is 4. The molecule has 1 aliphatic heterocycles. The first-order chi connectivity index (χ1) is 11.6. The number of likely N-dealkylation sites (tertiary alicyclic amines) is 1. The fraction of sp³-hybridized carbons (Fsp3) is 0.438. The number of carboxylic acid groups (broad SMARTS) is 1. The first-order valence-corrected chi connectivity index (χ1v) is 8.06. The minimum Gasteiger partial charge on any atom is -0.465 e. The van der Waals surface area contributed by atoms with E-state index in [0.717, 1.165) is 22.1 Å². The molecule has 1 fully saturated rings. The molecule has 3 aromatic heterocycles. The van der Waals surface area contributed by atoms with E-state index in [-0.39, 0.29) is 6.04 Å². The highest BCUT2D eigenvalue weighted by Gasteiger charge is 2.28. The Hall–Kier alpha value is -2.61. The molecule has 3 aromatic rings. The van der Waals surface area contributed by atoms with Crippen LogP contribution in [0, 0.1) is 0 Å². The van der Waals surface area contributed by atoms with Gasteiger partial charge in [0, 0.05) is 30.7 Å². The number of rotatable bonds is 2. The summed E-state index contributed by atoms with van der Waals surface area (Å²) >= 11 is 0. The number of piperidine rings is 1. The Morgan fingerprint density at radius 2 is 2.17 bits per heavy atom. The maximum Gasteiger partial charge on any atom is 0.407 e. The van der Waals surface area contributed by atoms with E-state index in [9.17, 15) is 9.90 Å². The molecule has 1 saturated heterocycles. The lowest BCUT2D eigenvalue weighted by Crippen LogP contribution is -2.38. The van der Waals surface area contributed by atoms with E-state index >= 15 is 0 Å². The molecule has 1 aliphatic rings. The number of aliphatic hydroxyl groups excluding tert-OH is 1. The molecule has 0 aliphatic carbocycles. The molecule has 0 bridgehead atoms. The Morgan fingerprint density at radius 1 is 1.42 bits per heavy atom. The quantitative estimate of drug-likeness (QED) is 0.668. The average molecular weight is 329 g/mol. The van der Waals surface area contributed by atoms with Gasteiger partial charge in [-0.25, -0.2) is 14.8 Å². The van der Waals surface area contributed by atoms with Crippen LogP contribution in [0.15, 0.2) is 18.5 Å². The van der Waals surface area contributed by atoms with Crippen molar-refractivity contribution in [3.63, 3.8) is 0 Å². The number of hydrogen-bond donors (Lipinski definition) is 3. The average Bonchev–Trinajstić information content (AvgIpc) is 3.18. The fourth-order valence-electron chi connectivity index (χ4n) is 3.59. The van der Waals surface area contributed by atoms with Crippen molar-refractivity contribution in [3.8, 4) is 0 Å². The third kappa shape index (κ3) is 2.22. The molecule has 1 atom stereocenters. The van der Waals surface area contributed by atoms with Crippen molar-refractivity contribution in [2.24, 2.45) is 0 Å². The minimum absolute atomic E-state index is 0.107. The Balaban J connectivity index is 1.85. The minimum atomic E-state index is -0.878. The van der Waals surface area contributed by atoms with Crippen LogP contribution in [0.25, 0.3) is 22.1 Å². The molecular weight excluding hydrogens is 310 g/mol. The maximum absolute atomic E-state index is 11.1. The van der Waals surface area contributed by atoms with E-state index in [1.807, 2.05) is 12.3 Å². The molecule has 4 rings (SSSR count). The van der Waals surface area contributed by atoms with Crippen LogP contribution in [0.4, 0.5) is 4.79 Å². The van der Waals surface area contributed by atoms with Gasteiger partial charge in [-0.05, 0) is 25.8 Å². The van der Waals surface area contributed by atoms with E-state index in [2.05, 4.69) is 19.5 Å². The maximum atomic E-state index is 11.1. The van der Waals surface area contributed by atoms with E-state index in [4.69, 9.17) is 5.11 Å². The number of imidazole rings is 1. The predicted molar refractivity (Wildman–Crippen MR) is 87.9 cm³/mol. The van der Waals surface area contributed by atoms with Crippen LogP contribution >= 0.6 is 0 Å². The predicted octanol–water partition coefficient (Wildman–Crippen LogP) is 2.28. The summed E-state index contributed by atoms with van der Waals surface area (Å²) in [5.74, 6) is 0.606. The van der Waals surface area contributed by atoms with Gasteiger partial charge in [0.25, 0.3) is 0 Å². The summed E-state index contributed by atoms with van der Waals surface area (Å²) in [5.41, 5.74) is 2.48. The van der Waals surface area contributed by atoms with E-state index in [1.54, 1.807) is 13.1 Å². The van der Waals surface area contributed by atoms with Crippen LogP contribution in [0.1, 0.15) is 37.7 Å². The molecule has 8 nitrogen and oxygen atoms in total. The number of carbonyl (C=O) groups is 1. The highest BCUT2D eigenvalue weighted by atomic mass is 16.4. The van der Waals surface area contributed by atoms with Crippen LogP contribution in [-0.2, 0) is 0 Å². The summed E-state index contributed by atoms with van der Waals surface area (Å²) in [5, 5.41) is 20.3. The van der Waals surface area contributed by atoms with Gasteiger partial charge >= 0.3 is 6.09 Å². The number of aromatic amines is 1. The SMILES string of the molecule is CC(O)c1nc2cnc3[nH]ccc3c2n1C1CCN(C(=O)O)CC1. The zero-order valence-electron chi connectivity index (χ0n) is 13.3. The van der Waals surface area contributed by atoms with Crippen molar-refractivity contribution in [1.29, 1.82) is 0 Å². The highest BCUT2D eigenvalue weighted by Crippen LogP contribution is 2.34. The molecule has 0 radical (unpaired) electrons. The van der Waals surface area contributed by atoms with Crippen molar-refractivity contribution in [2.45, 2.75) is 31.9 Å². The smallest absolute Gasteiger partial charge is 0.407 e. The topological polar surface area (TPSA) is 107 Å². The number of aliphatic hydroxyl groups is 1. The lowest BCUT2D eigenvalue weighted by Gasteiger charge is -2.32. The number of aromatic nitrogens is 4. The van der Waals surface area contributed by atoms with Gasteiger partial charge in [-0.2, -0.15) is 0 Å². The number of H-pyrrole nitrogens is 1. The molecule has 0 spiro atoms. The van der Waals surface area contributed by atoms with Crippen LogP contribution < -0.4 is 0 Å². The third-order valence-electron chi connectivity index (χ3n) is 4.74. The number of nitrogens with one attached hydrogen (secondary N) is 1. The lowest BCUT2D eigenvalue weighted by molar-refractivity contribution is 0.122. The first kappa shape index (κ1) is 14.9. The van der Waals surface area contributed by atoms with Crippen molar-refractivity contribution in [3.05, 3.63) is 24.3 Å². The molecule has 0 saturated carbocycles. The number of hydrogen-bond acceptors (Lipinski definition) is 4. The monoisotopic (exact) mass is 329 g/mol. The Bertz CT molecular complexity index is 905. The van der Waals surface area contributed by atoms with E-state index in [1.165, 1.54) is 4.90 Å². The molecule has 4 heterocycles. The summed E-state index contributed by atoms with van der Waals surface area (Å²) < 4.78 is 2.08. The zero-order chi connectivity index (χ0) is 16.8. The number of pyridine rings is 1. The van der Waals surface area contributed by atoms with Gasteiger partial charge in [0.05, 0.1) is 11.7 Å². The number of amides is 1. The number of fused-ring (bicyclic) bond motifs is 3. The van der Waals surface area contributed by atoms with Crippen LogP contribution in [0.2, 0.25) is 0 Å².